The van der Waals surface area contributed by atoms with Crippen LogP contribution >= 0.6 is 15.9 Å². The number of carbonyl (C=O) groups is 1. The Morgan fingerprint density at radius 3 is 2.22 bits per heavy atom. The summed E-state index contributed by atoms with van der Waals surface area (Å²) in [7, 11) is -3.53. The van der Waals surface area contributed by atoms with Crippen LogP contribution in [0.1, 0.15) is 18.4 Å². The highest BCUT2D eigenvalue weighted by molar-refractivity contribution is 9.10. The van der Waals surface area contributed by atoms with Crippen LogP contribution < -0.4 is 5.32 Å². The lowest BCUT2D eigenvalue weighted by atomic mass is 9.95. The predicted octanol–water partition coefficient (Wildman–Crippen LogP) is 3.32. The molecule has 2 aliphatic rings. The average molecular weight is 522 g/mol. The Morgan fingerprint density at radius 2 is 1.59 bits per heavy atom. The lowest BCUT2D eigenvalue weighted by Gasteiger charge is -2.31. The molecule has 9 heteroatoms. The van der Waals surface area contributed by atoms with Crippen LogP contribution in [-0.2, 0) is 26.1 Å². The van der Waals surface area contributed by atoms with Gasteiger partial charge in [0, 0.05) is 35.7 Å². The SMILES string of the molecule is O=C(Nc1ccc(S(=O)(=O)N2CCOCC2)cc1)C1CCN(Cc2ccc(Br)cc2)CC1. The molecular formula is C23H28BrN3O4S. The minimum atomic E-state index is -3.53. The first-order valence-corrected chi connectivity index (χ1v) is 13.1. The molecule has 1 amide bonds. The molecule has 0 saturated carbocycles. The zero-order chi connectivity index (χ0) is 22.6. The van der Waals surface area contributed by atoms with Crippen molar-refractivity contribution in [3.63, 3.8) is 0 Å². The van der Waals surface area contributed by atoms with Crippen LogP contribution in [0.25, 0.3) is 0 Å². The quantitative estimate of drug-likeness (QED) is 0.630. The summed E-state index contributed by atoms with van der Waals surface area (Å²) in [4.78, 5) is 15.3. The summed E-state index contributed by atoms with van der Waals surface area (Å²) >= 11 is 3.46. The fourth-order valence-electron chi connectivity index (χ4n) is 4.09. The third-order valence-electron chi connectivity index (χ3n) is 6.01. The Morgan fingerprint density at radius 1 is 0.969 bits per heavy atom. The number of hydrogen-bond donors (Lipinski definition) is 1. The van der Waals surface area contributed by atoms with E-state index in [2.05, 4.69) is 38.3 Å². The summed E-state index contributed by atoms with van der Waals surface area (Å²) in [5, 5.41) is 2.95. The molecule has 0 aliphatic carbocycles. The second-order valence-corrected chi connectivity index (χ2v) is 11.1. The smallest absolute Gasteiger partial charge is 0.243 e. The van der Waals surface area contributed by atoms with Gasteiger partial charge in [0.1, 0.15) is 0 Å². The Kier molecular flexibility index (Phi) is 7.63. The maximum atomic E-state index is 12.7. The van der Waals surface area contributed by atoms with Gasteiger partial charge in [-0.05, 0) is 67.9 Å². The van der Waals surface area contributed by atoms with Gasteiger partial charge in [0.25, 0.3) is 0 Å². The molecule has 0 bridgehead atoms. The third-order valence-corrected chi connectivity index (χ3v) is 8.45. The maximum absolute atomic E-state index is 12.7. The van der Waals surface area contributed by atoms with Gasteiger partial charge < -0.3 is 10.1 Å². The van der Waals surface area contributed by atoms with Crippen molar-refractivity contribution < 1.29 is 17.9 Å². The minimum absolute atomic E-state index is 0.00271. The van der Waals surface area contributed by atoms with E-state index in [-0.39, 0.29) is 16.7 Å². The van der Waals surface area contributed by atoms with Crippen LogP contribution in [0.2, 0.25) is 0 Å². The van der Waals surface area contributed by atoms with E-state index in [1.54, 1.807) is 24.3 Å². The van der Waals surface area contributed by atoms with E-state index in [0.717, 1.165) is 36.9 Å². The minimum Gasteiger partial charge on any atom is -0.379 e. The van der Waals surface area contributed by atoms with E-state index in [0.29, 0.717) is 32.0 Å². The van der Waals surface area contributed by atoms with Gasteiger partial charge in [0.2, 0.25) is 15.9 Å². The van der Waals surface area contributed by atoms with Gasteiger partial charge in [-0.15, -0.1) is 0 Å². The van der Waals surface area contributed by atoms with Gasteiger partial charge in [0.05, 0.1) is 18.1 Å². The molecule has 2 fully saturated rings. The van der Waals surface area contributed by atoms with Gasteiger partial charge in [0.15, 0.2) is 0 Å². The molecule has 32 heavy (non-hydrogen) atoms. The fourth-order valence-corrected chi connectivity index (χ4v) is 5.76. The predicted molar refractivity (Wildman–Crippen MR) is 127 cm³/mol. The van der Waals surface area contributed by atoms with Crippen LogP contribution in [0.15, 0.2) is 57.9 Å². The molecule has 2 aromatic rings. The average Bonchev–Trinajstić information content (AvgIpc) is 2.82. The molecular weight excluding hydrogens is 494 g/mol. The molecule has 172 valence electrons. The molecule has 0 spiro atoms. The van der Waals surface area contributed by atoms with Crippen LogP contribution in [0.5, 0.6) is 0 Å². The topological polar surface area (TPSA) is 79.0 Å². The number of hydrogen-bond acceptors (Lipinski definition) is 5. The van der Waals surface area contributed by atoms with E-state index < -0.39 is 10.0 Å². The second kappa shape index (κ2) is 10.4. The third kappa shape index (κ3) is 5.77. The van der Waals surface area contributed by atoms with E-state index in [4.69, 9.17) is 4.74 Å². The number of anilines is 1. The lowest BCUT2D eigenvalue weighted by Crippen LogP contribution is -2.40. The Balaban J connectivity index is 1.28. The van der Waals surface area contributed by atoms with E-state index in [9.17, 15) is 13.2 Å². The Hall–Kier alpha value is -1.78. The molecule has 0 unspecified atom stereocenters. The number of carbonyl (C=O) groups excluding carboxylic acids is 1. The summed E-state index contributed by atoms with van der Waals surface area (Å²) in [5.41, 5.74) is 1.89. The van der Waals surface area contributed by atoms with Crippen molar-refractivity contribution >= 4 is 37.5 Å². The number of benzene rings is 2. The molecule has 0 radical (unpaired) electrons. The second-order valence-electron chi connectivity index (χ2n) is 8.21. The monoisotopic (exact) mass is 521 g/mol. The van der Waals surface area contributed by atoms with Crippen LogP contribution in [0.3, 0.4) is 0 Å². The number of rotatable bonds is 6. The van der Waals surface area contributed by atoms with Gasteiger partial charge >= 0.3 is 0 Å². The van der Waals surface area contributed by atoms with Crippen molar-refractivity contribution in [3.05, 3.63) is 58.6 Å². The largest absolute Gasteiger partial charge is 0.379 e. The highest BCUT2D eigenvalue weighted by Gasteiger charge is 2.27. The Labute approximate surface area is 197 Å². The summed E-state index contributed by atoms with van der Waals surface area (Å²) in [6.45, 7) is 4.20. The zero-order valence-corrected chi connectivity index (χ0v) is 20.3. The van der Waals surface area contributed by atoms with Crippen molar-refractivity contribution in [2.45, 2.75) is 24.3 Å². The molecule has 2 saturated heterocycles. The number of amides is 1. The molecule has 7 nitrogen and oxygen atoms in total. The number of morpholine rings is 1. The molecule has 0 aromatic heterocycles. The first kappa shape index (κ1) is 23.4. The van der Waals surface area contributed by atoms with Crippen molar-refractivity contribution in [1.82, 2.24) is 9.21 Å². The number of likely N-dealkylation sites (tertiary alicyclic amines) is 1. The van der Waals surface area contributed by atoms with E-state index in [1.165, 1.54) is 9.87 Å². The van der Waals surface area contributed by atoms with Crippen LogP contribution in [-0.4, -0.2) is 62.9 Å². The molecule has 1 N–H and O–H groups in total. The van der Waals surface area contributed by atoms with E-state index >= 15 is 0 Å². The van der Waals surface area contributed by atoms with Crippen LogP contribution in [0.4, 0.5) is 5.69 Å². The summed E-state index contributed by atoms with van der Waals surface area (Å²) in [5.74, 6) is -0.0370. The maximum Gasteiger partial charge on any atom is 0.243 e. The van der Waals surface area contributed by atoms with Crippen LogP contribution in [0, 0.1) is 5.92 Å². The number of sulfonamides is 1. The van der Waals surface area contributed by atoms with Crippen molar-refractivity contribution in [2.75, 3.05) is 44.7 Å². The molecule has 4 rings (SSSR count). The highest BCUT2D eigenvalue weighted by Crippen LogP contribution is 2.23. The lowest BCUT2D eigenvalue weighted by molar-refractivity contribution is -0.121. The fraction of sp³-hybridized carbons (Fsp3) is 0.435. The highest BCUT2D eigenvalue weighted by atomic mass is 79.9. The van der Waals surface area contributed by atoms with Crippen molar-refractivity contribution in [3.8, 4) is 0 Å². The number of nitrogens with zero attached hydrogens (tertiary/aromatic N) is 2. The number of piperidine rings is 1. The number of ether oxygens (including phenoxy) is 1. The Bertz CT molecular complexity index is 1010. The summed E-state index contributed by atoms with van der Waals surface area (Å²) < 4.78 is 33.2. The number of halogens is 1. The van der Waals surface area contributed by atoms with Gasteiger partial charge in [-0.25, -0.2) is 8.42 Å². The standard InChI is InChI=1S/C23H28BrN3O4S/c24-20-3-1-18(2-4-20)17-26-11-9-19(10-12-26)23(28)25-21-5-7-22(8-6-21)32(29,30)27-13-15-31-16-14-27/h1-8,19H,9-17H2,(H,25,28). The van der Waals surface area contributed by atoms with Crippen molar-refractivity contribution in [1.29, 1.82) is 0 Å². The van der Waals surface area contributed by atoms with Gasteiger partial charge in [-0.1, -0.05) is 28.1 Å². The number of nitrogens with one attached hydrogen (secondary N) is 1. The summed E-state index contributed by atoms with van der Waals surface area (Å²) in [6.07, 6.45) is 1.62. The van der Waals surface area contributed by atoms with Crippen molar-refractivity contribution in [2.24, 2.45) is 5.92 Å². The molecule has 2 aromatic carbocycles. The molecule has 0 atom stereocenters. The van der Waals surface area contributed by atoms with E-state index in [1.807, 2.05) is 12.1 Å². The molecule has 2 aliphatic heterocycles. The van der Waals surface area contributed by atoms with Gasteiger partial charge in [-0.3, -0.25) is 9.69 Å². The molecule has 2 heterocycles. The zero-order valence-electron chi connectivity index (χ0n) is 17.9. The first-order chi connectivity index (χ1) is 15.4. The normalized spacial score (nSPS) is 19.0. The van der Waals surface area contributed by atoms with Gasteiger partial charge in [-0.2, -0.15) is 4.31 Å². The first-order valence-electron chi connectivity index (χ1n) is 10.9. The summed E-state index contributed by atoms with van der Waals surface area (Å²) in [6, 6.07) is 14.8.